The van der Waals surface area contributed by atoms with Crippen molar-refractivity contribution in [1.82, 2.24) is 5.48 Å². The minimum absolute atomic E-state index is 0.297. The fourth-order valence-corrected chi connectivity index (χ4v) is 0.925. The first-order valence-electron chi connectivity index (χ1n) is 3.48. The average Bonchev–Trinajstić information content (AvgIpc) is 2.16. The highest BCUT2D eigenvalue weighted by Gasteiger charge is 2.19. The minimum Gasteiger partial charge on any atom is -0.508 e. The number of phenols is 1. The summed E-state index contributed by atoms with van der Waals surface area (Å²) in [5.74, 6) is -1.35. The normalized spacial score (nSPS) is 9.50. The van der Waals surface area contributed by atoms with E-state index >= 15 is 0 Å². The van der Waals surface area contributed by atoms with Gasteiger partial charge in [-0.3, -0.25) is 20.1 Å². The second kappa shape index (κ2) is 3.71. The van der Waals surface area contributed by atoms with Gasteiger partial charge in [-0.25, -0.2) is 5.48 Å². The molecule has 0 heterocycles. The molecule has 0 unspecified atom stereocenters. The van der Waals surface area contributed by atoms with Crippen molar-refractivity contribution >= 4 is 11.6 Å². The van der Waals surface area contributed by atoms with E-state index in [2.05, 4.69) is 0 Å². The van der Waals surface area contributed by atoms with E-state index in [4.69, 9.17) is 10.3 Å². The maximum atomic E-state index is 10.9. The molecule has 1 amide bonds. The quantitative estimate of drug-likeness (QED) is 0.362. The van der Waals surface area contributed by atoms with Gasteiger partial charge >= 0.3 is 0 Å². The maximum absolute atomic E-state index is 10.9. The number of rotatable bonds is 2. The molecule has 1 aromatic rings. The predicted molar refractivity (Wildman–Crippen MR) is 44.0 cm³/mol. The highest BCUT2D eigenvalue weighted by atomic mass is 16.6. The van der Waals surface area contributed by atoms with Gasteiger partial charge in [0.25, 0.3) is 11.6 Å². The van der Waals surface area contributed by atoms with E-state index in [-0.39, 0.29) is 5.75 Å². The van der Waals surface area contributed by atoms with Crippen LogP contribution >= 0.6 is 0 Å². The molecule has 7 heteroatoms. The van der Waals surface area contributed by atoms with Crippen LogP contribution in [0.5, 0.6) is 5.75 Å². The predicted octanol–water partition coefficient (Wildman–Crippen LogP) is 0.419. The van der Waals surface area contributed by atoms with Crippen molar-refractivity contribution in [1.29, 1.82) is 0 Å². The van der Waals surface area contributed by atoms with Crippen molar-refractivity contribution in [3.8, 4) is 5.75 Å². The highest BCUT2D eigenvalue weighted by molar-refractivity contribution is 5.97. The molecule has 3 N–H and O–H groups in total. The van der Waals surface area contributed by atoms with E-state index in [1.807, 2.05) is 0 Å². The summed E-state index contributed by atoms with van der Waals surface area (Å²) in [5, 5.41) is 27.7. The minimum atomic E-state index is -1.05. The Labute approximate surface area is 77.7 Å². The topological polar surface area (TPSA) is 113 Å². The van der Waals surface area contributed by atoms with Gasteiger partial charge in [-0.15, -0.1) is 0 Å². The molecule has 74 valence electrons. The first-order valence-corrected chi connectivity index (χ1v) is 3.48. The van der Waals surface area contributed by atoms with Gasteiger partial charge in [-0.05, 0) is 12.1 Å². The average molecular weight is 198 g/mol. The van der Waals surface area contributed by atoms with E-state index < -0.39 is 22.1 Å². The molecule has 0 radical (unpaired) electrons. The van der Waals surface area contributed by atoms with Gasteiger partial charge in [-0.2, -0.15) is 0 Å². The van der Waals surface area contributed by atoms with Crippen molar-refractivity contribution in [2.45, 2.75) is 0 Å². The second-order valence-electron chi connectivity index (χ2n) is 2.40. The van der Waals surface area contributed by atoms with Crippen molar-refractivity contribution in [3.05, 3.63) is 33.9 Å². The molecule has 1 aromatic carbocycles. The van der Waals surface area contributed by atoms with Crippen LogP contribution < -0.4 is 5.48 Å². The standard InChI is InChI=1S/C7H6N2O5/c10-4-1-2-6(9(13)14)5(3-4)7(11)8-12/h1-3,10,12H,(H,8,11). The lowest BCUT2D eigenvalue weighted by Gasteiger charge is -2.00. The number of hydrogen-bond donors (Lipinski definition) is 3. The summed E-state index contributed by atoms with van der Waals surface area (Å²) in [5.41, 5.74) is 0.353. The lowest BCUT2D eigenvalue weighted by atomic mass is 10.1. The highest BCUT2D eigenvalue weighted by Crippen LogP contribution is 2.22. The van der Waals surface area contributed by atoms with E-state index in [0.717, 1.165) is 18.2 Å². The summed E-state index contributed by atoms with van der Waals surface area (Å²) in [4.78, 5) is 20.5. The zero-order chi connectivity index (χ0) is 10.7. The molecule has 7 nitrogen and oxygen atoms in total. The molecule has 0 saturated carbocycles. The number of nitrogens with one attached hydrogen (secondary N) is 1. The molecule has 0 aliphatic heterocycles. The monoisotopic (exact) mass is 198 g/mol. The number of benzene rings is 1. The van der Waals surface area contributed by atoms with Crippen molar-refractivity contribution in [2.75, 3.05) is 0 Å². The molecule has 1 rings (SSSR count). The number of nitrogens with zero attached hydrogens (tertiary/aromatic N) is 1. The Hall–Kier alpha value is -2.15. The molecule has 0 saturated heterocycles. The number of aromatic hydroxyl groups is 1. The van der Waals surface area contributed by atoms with Crippen LogP contribution in [0.4, 0.5) is 5.69 Å². The number of amides is 1. The zero-order valence-electron chi connectivity index (χ0n) is 6.80. The molecule has 14 heavy (non-hydrogen) atoms. The summed E-state index contributed by atoms with van der Waals surface area (Å²) >= 11 is 0. The lowest BCUT2D eigenvalue weighted by Crippen LogP contribution is -2.19. The maximum Gasteiger partial charge on any atom is 0.282 e. The molecule has 0 aliphatic carbocycles. The number of phenolic OH excluding ortho intramolecular Hbond substituents is 1. The molecule has 0 atom stereocenters. The van der Waals surface area contributed by atoms with Gasteiger partial charge in [0.15, 0.2) is 0 Å². The third kappa shape index (κ3) is 1.77. The van der Waals surface area contributed by atoms with Gasteiger partial charge in [0.2, 0.25) is 0 Å². The third-order valence-corrected chi connectivity index (χ3v) is 1.52. The van der Waals surface area contributed by atoms with Gasteiger partial charge in [0.1, 0.15) is 11.3 Å². The van der Waals surface area contributed by atoms with Gasteiger partial charge in [0, 0.05) is 6.07 Å². The number of carbonyl (C=O) groups is 1. The number of nitro benzene ring substituents is 1. The SMILES string of the molecule is O=C(NO)c1cc(O)ccc1[N+](=O)[O-]. The number of hydrogen-bond acceptors (Lipinski definition) is 5. The number of carbonyl (C=O) groups excluding carboxylic acids is 1. The number of hydroxylamine groups is 1. The molecule has 0 fully saturated rings. The smallest absolute Gasteiger partial charge is 0.282 e. The van der Waals surface area contributed by atoms with E-state index in [0.29, 0.717) is 0 Å². The van der Waals surface area contributed by atoms with Crippen LogP contribution in [0.1, 0.15) is 10.4 Å². The van der Waals surface area contributed by atoms with Gasteiger partial charge < -0.3 is 5.11 Å². The van der Waals surface area contributed by atoms with Crippen LogP contribution in [-0.4, -0.2) is 21.1 Å². The zero-order valence-corrected chi connectivity index (χ0v) is 6.80. The van der Waals surface area contributed by atoms with Crippen LogP contribution in [0.15, 0.2) is 18.2 Å². The first kappa shape index (κ1) is 9.93. The second-order valence-corrected chi connectivity index (χ2v) is 2.40. The molecule has 0 aromatic heterocycles. The van der Waals surface area contributed by atoms with E-state index in [1.54, 1.807) is 0 Å². The van der Waals surface area contributed by atoms with Crippen LogP contribution in [0.2, 0.25) is 0 Å². The first-order chi connectivity index (χ1) is 6.56. The summed E-state index contributed by atoms with van der Waals surface area (Å²) in [6, 6.07) is 2.94. The molecular formula is C7H6N2O5. The summed E-state index contributed by atoms with van der Waals surface area (Å²) < 4.78 is 0. The Balaban J connectivity index is 3.29. The Morgan fingerprint density at radius 3 is 2.64 bits per heavy atom. The summed E-state index contributed by atoms with van der Waals surface area (Å²) in [6.07, 6.45) is 0. The lowest BCUT2D eigenvalue weighted by molar-refractivity contribution is -0.385. The fourth-order valence-electron chi connectivity index (χ4n) is 0.925. The van der Waals surface area contributed by atoms with Crippen molar-refractivity contribution < 1.29 is 20.0 Å². The molecular weight excluding hydrogens is 192 g/mol. The molecule has 0 aliphatic rings. The summed E-state index contributed by atoms with van der Waals surface area (Å²) in [6.45, 7) is 0. The third-order valence-electron chi connectivity index (χ3n) is 1.52. The van der Waals surface area contributed by atoms with Crippen molar-refractivity contribution in [2.24, 2.45) is 0 Å². The van der Waals surface area contributed by atoms with Gasteiger partial charge in [-0.1, -0.05) is 0 Å². The largest absolute Gasteiger partial charge is 0.508 e. The number of nitro groups is 1. The fraction of sp³-hybridized carbons (Fsp3) is 0. The van der Waals surface area contributed by atoms with Crippen LogP contribution in [0, 0.1) is 10.1 Å². The Bertz CT molecular complexity index is 390. The molecule has 0 bridgehead atoms. The van der Waals surface area contributed by atoms with Crippen LogP contribution in [-0.2, 0) is 0 Å². The Kier molecular flexibility index (Phi) is 2.63. The van der Waals surface area contributed by atoms with E-state index in [1.165, 1.54) is 5.48 Å². The van der Waals surface area contributed by atoms with Crippen LogP contribution in [0.3, 0.4) is 0 Å². The summed E-state index contributed by atoms with van der Waals surface area (Å²) in [7, 11) is 0. The van der Waals surface area contributed by atoms with Crippen LogP contribution in [0.25, 0.3) is 0 Å². The Morgan fingerprint density at radius 1 is 1.50 bits per heavy atom. The van der Waals surface area contributed by atoms with E-state index in [9.17, 15) is 14.9 Å². The Morgan fingerprint density at radius 2 is 2.14 bits per heavy atom. The van der Waals surface area contributed by atoms with Crippen molar-refractivity contribution in [3.63, 3.8) is 0 Å². The van der Waals surface area contributed by atoms with Gasteiger partial charge in [0.05, 0.1) is 4.92 Å². The molecule has 0 spiro atoms.